The van der Waals surface area contributed by atoms with Crippen molar-refractivity contribution in [2.75, 3.05) is 7.05 Å². The van der Waals surface area contributed by atoms with E-state index in [1.54, 1.807) is 24.1 Å². The number of amides is 1. The molecule has 2 nitrogen and oxygen atoms in total. The highest BCUT2D eigenvalue weighted by Gasteiger charge is 2.16. The molecule has 0 aliphatic carbocycles. The summed E-state index contributed by atoms with van der Waals surface area (Å²) in [5.74, 6) is -0.0979. The lowest BCUT2D eigenvalue weighted by Gasteiger charge is -2.18. The Balaban J connectivity index is 2.16. The summed E-state index contributed by atoms with van der Waals surface area (Å²) in [4.78, 5) is 14.1. The second kappa shape index (κ2) is 6.74. The lowest BCUT2D eigenvalue weighted by molar-refractivity contribution is 0.0785. The van der Waals surface area contributed by atoms with Crippen LogP contribution in [0.5, 0.6) is 0 Å². The van der Waals surface area contributed by atoms with Gasteiger partial charge in [0.1, 0.15) is 0 Å². The first-order chi connectivity index (χ1) is 9.49. The minimum absolute atomic E-state index is 0.0979. The largest absolute Gasteiger partial charge is 0.337 e. The first-order valence-corrected chi connectivity index (χ1v) is 7.89. The third-order valence-electron chi connectivity index (χ3n) is 2.86. The van der Waals surface area contributed by atoms with E-state index in [1.807, 2.05) is 30.3 Å². The fourth-order valence-corrected chi connectivity index (χ4v) is 2.65. The van der Waals surface area contributed by atoms with Crippen LogP contribution in [0.25, 0.3) is 0 Å². The number of hydrogen-bond acceptors (Lipinski definition) is 1. The van der Waals surface area contributed by atoms with Gasteiger partial charge in [-0.05, 0) is 45.8 Å². The molecule has 1 amide bonds. The SMILES string of the molecule is CN(Cc1ccc(Br)cc1)C(=O)c1cccc(Br)c1Cl. The van der Waals surface area contributed by atoms with E-state index in [-0.39, 0.29) is 5.91 Å². The zero-order valence-electron chi connectivity index (χ0n) is 10.7. The van der Waals surface area contributed by atoms with Crippen molar-refractivity contribution in [2.24, 2.45) is 0 Å². The van der Waals surface area contributed by atoms with Crippen molar-refractivity contribution >= 4 is 49.4 Å². The van der Waals surface area contributed by atoms with Gasteiger partial charge in [-0.2, -0.15) is 0 Å². The molecular formula is C15H12Br2ClNO. The van der Waals surface area contributed by atoms with E-state index >= 15 is 0 Å². The van der Waals surface area contributed by atoms with Gasteiger partial charge in [-0.25, -0.2) is 0 Å². The van der Waals surface area contributed by atoms with E-state index in [0.717, 1.165) is 14.5 Å². The van der Waals surface area contributed by atoms with Crippen molar-refractivity contribution in [2.45, 2.75) is 6.54 Å². The molecule has 0 spiro atoms. The predicted octanol–water partition coefficient (Wildman–Crippen LogP) is 5.14. The molecule has 0 bridgehead atoms. The van der Waals surface area contributed by atoms with Gasteiger partial charge in [0.05, 0.1) is 10.6 Å². The minimum atomic E-state index is -0.0979. The number of nitrogens with zero attached hydrogens (tertiary/aromatic N) is 1. The number of benzene rings is 2. The fraction of sp³-hybridized carbons (Fsp3) is 0.133. The summed E-state index contributed by atoms with van der Waals surface area (Å²) >= 11 is 12.9. The van der Waals surface area contributed by atoms with E-state index in [0.29, 0.717) is 17.1 Å². The molecule has 0 heterocycles. The van der Waals surface area contributed by atoms with Gasteiger partial charge in [-0.3, -0.25) is 4.79 Å². The molecule has 2 rings (SSSR count). The zero-order chi connectivity index (χ0) is 14.7. The molecular weight excluding hydrogens is 405 g/mol. The van der Waals surface area contributed by atoms with E-state index < -0.39 is 0 Å². The summed E-state index contributed by atoms with van der Waals surface area (Å²) < 4.78 is 1.74. The van der Waals surface area contributed by atoms with Gasteiger partial charge in [0, 0.05) is 22.5 Å². The van der Waals surface area contributed by atoms with Gasteiger partial charge in [0.2, 0.25) is 0 Å². The Hall–Kier alpha value is -0.840. The standard InChI is InChI=1S/C15H12Br2ClNO/c1-19(9-10-5-7-11(16)8-6-10)15(20)12-3-2-4-13(17)14(12)18/h2-8H,9H2,1H3. The topological polar surface area (TPSA) is 20.3 Å². The molecule has 0 saturated carbocycles. The van der Waals surface area contributed by atoms with Gasteiger partial charge in [0.25, 0.3) is 5.91 Å². The van der Waals surface area contributed by atoms with Crippen LogP contribution in [0.1, 0.15) is 15.9 Å². The number of hydrogen-bond donors (Lipinski definition) is 0. The Morgan fingerprint density at radius 1 is 1.15 bits per heavy atom. The van der Waals surface area contributed by atoms with E-state index in [9.17, 15) is 4.79 Å². The monoisotopic (exact) mass is 415 g/mol. The van der Waals surface area contributed by atoms with Crippen molar-refractivity contribution in [3.63, 3.8) is 0 Å². The molecule has 0 saturated heterocycles. The molecule has 0 atom stereocenters. The first-order valence-electron chi connectivity index (χ1n) is 5.93. The van der Waals surface area contributed by atoms with Crippen molar-refractivity contribution < 1.29 is 4.79 Å². The van der Waals surface area contributed by atoms with E-state index in [1.165, 1.54) is 0 Å². The Morgan fingerprint density at radius 3 is 2.45 bits per heavy atom. The molecule has 20 heavy (non-hydrogen) atoms. The average Bonchev–Trinajstić information content (AvgIpc) is 2.43. The number of carbonyl (C=O) groups excluding carboxylic acids is 1. The molecule has 104 valence electrons. The van der Waals surface area contributed by atoms with E-state index in [4.69, 9.17) is 11.6 Å². The Bertz CT molecular complexity index is 628. The Morgan fingerprint density at radius 2 is 1.80 bits per heavy atom. The van der Waals surface area contributed by atoms with Crippen molar-refractivity contribution in [1.29, 1.82) is 0 Å². The maximum absolute atomic E-state index is 12.4. The molecule has 0 aliphatic rings. The molecule has 0 radical (unpaired) electrons. The second-order valence-corrected chi connectivity index (χ2v) is 6.54. The zero-order valence-corrected chi connectivity index (χ0v) is 14.7. The second-order valence-electron chi connectivity index (χ2n) is 4.39. The summed E-state index contributed by atoms with van der Waals surface area (Å²) in [6.45, 7) is 0.537. The summed E-state index contributed by atoms with van der Waals surface area (Å²) in [6, 6.07) is 13.2. The quantitative estimate of drug-likeness (QED) is 0.677. The first kappa shape index (κ1) is 15.5. The Kier molecular flexibility index (Phi) is 5.24. The van der Waals surface area contributed by atoms with Gasteiger partial charge in [-0.1, -0.05) is 45.7 Å². The summed E-state index contributed by atoms with van der Waals surface area (Å²) in [7, 11) is 1.77. The van der Waals surface area contributed by atoms with Crippen LogP contribution in [0.15, 0.2) is 51.4 Å². The molecule has 0 unspecified atom stereocenters. The van der Waals surface area contributed by atoms with Crippen LogP contribution in [0.3, 0.4) is 0 Å². The highest BCUT2D eigenvalue weighted by Crippen LogP contribution is 2.27. The van der Waals surface area contributed by atoms with Crippen LogP contribution in [0.4, 0.5) is 0 Å². The van der Waals surface area contributed by atoms with Crippen LogP contribution in [-0.2, 0) is 6.54 Å². The van der Waals surface area contributed by atoms with Gasteiger partial charge >= 0.3 is 0 Å². The van der Waals surface area contributed by atoms with E-state index in [2.05, 4.69) is 31.9 Å². The molecule has 5 heteroatoms. The van der Waals surface area contributed by atoms with Crippen molar-refractivity contribution in [3.05, 3.63) is 67.6 Å². The maximum atomic E-state index is 12.4. The summed E-state index contributed by atoms with van der Waals surface area (Å²) in [5, 5.41) is 0.445. The molecule has 2 aromatic carbocycles. The van der Waals surface area contributed by atoms with Crippen LogP contribution in [0, 0.1) is 0 Å². The number of rotatable bonds is 3. The smallest absolute Gasteiger partial charge is 0.255 e. The summed E-state index contributed by atoms with van der Waals surface area (Å²) in [5.41, 5.74) is 1.57. The third kappa shape index (κ3) is 3.62. The van der Waals surface area contributed by atoms with Gasteiger partial charge in [-0.15, -0.1) is 0 Å². The average molecular weight is 418 g/mol. The summed E-state index contributed by atoms with van der Waals surface area (Å²) in [6.07, 6.45) is 0. The fourth-order valence-electron chi connectivity index (χ4n) is 1.81. The Labute approximate surface area is 140 Å². The van der Waals surface area contributed by atoms with Gasteiger partial charge in [0.15, 0.2) is 0 Å². The molecule has 0 aromatic heterocycles. The molecule has 0 fully saturated rings. The third-order valence-corrected chi connectivity index (χ3v) is 4.69. The van der Waals surface area contributed by atoms with Gasteiger partial charge < -0.3 is 4.90 Å². The molecule has 0 N–H and O–H groups in total. The molecule has 0 aliphatic heterocycles. The highest BCUT2D eigenvalue weighted by atomic mass is 79.9. The van der Waals surface area contributed by atoms with Crippen LogP contribution >= 0.6 is 43.5 Å². The normalized spacial score (nSPS) is 10.4. The van der Waals surface area contributed by atoms with Crippen LogP contribution < -0.4 is 0 Å². The van der Waals surface area contributed by atoms with Crippen LogP contribution in [-0.4, -0.2) is 17.9 Å². The van der Waals surface area contributed by atoms with Crippen molar-refractivity contribution in [1.82, 2.24) is 4.90 Å². The predicted molar refractivity (Wildman–Crippen MR) is 89.1 cm³/mol. The lowest BCUT2D eigenvalue weighted by atomic mass is 10.1. The molecule has 2 aromatic rings. The number of halogens is 3. The number of carbonyl (C=O) groups is 1. The minimum Gasteiger partial charge on any atom is -0.337 e. The van der Waals surface area contributed by atoms with Crippen molar-refractivity contribution in [3.8, 4) is 0 Å². The maximum Gasteiger partial charge on any atom is 0.255 e. The lowest BCUT2D eigenvalue weighted by Crippen LogP contribution is -2.26. The highest BCUT2D eigenvalue weighted by molar-refractivity contribution is 9.10. The van der Waals surface area contributed by atoms with Crippen LogP contribution in [0.2, 0.25) is 5.02 Å².